The molecule has 21 heavy (non-hydrogen) atoms. The maximum atomic E-state index is 10.9. The van der Waals surface area contributed by atoms with Gasteiger partial charge in [0.1, 0.15) is 11.5 Å². The van der Waals surface area contributed by atoms with Crippen molar-refractivity contribution in [2.45, 2.75) is 0 Å². The lowest BCUT2D eigenvalue weighted by molar-refractivity contribution is -0.137. The number of primary amides is 1. The lowest BCUT2D eigenvalue weighted by Gasteiger charge is -1.99. The number of furan rings is 1. The Morgan fingerprint density at radius 3 is 2.62 bits per heavy atom. The maximum absolute atomic E-state index is 10.9. The molecule has 0 atom stereocenters. The predicted octanol–water partition coefficient (Wildman–Crippen LogP) is 2.19. The van der Waals surface area contributed by atoms with Crippen molar-refractivity contribution in [3.8, 4) is 11.3 Å². The Balaban J connectivity index is 2.11. The fourth-order valence-electron chi connectivity index (χ4n) is 1.44. The first-order chi connectivity index (χ1) is 9.97. The molecule has 0 spiro atoms. The molecule has 0 unspecified atom stereocenters. The van der Waals surface area contributed by atoms with Gasteiger partial charge < -0.3 is 10.2 Å². The minimum Gasteiger partial charge on any atom is -0.455 e. The second kappa shape index (κ2) is 6.43. The van der Waals surface area contributed by atoms with Gasteiger partial charge in [0.15, 0.2) is 0 Å². The van der Waals surface area contributed by atoms with Gasteiger partial charge in [0.2, 0.25) is 0 Å². The van der Waals surface area contributed by atoms with Crippen molar-refractivity contribution >= 4 is 41.2 Å². The third kappa shape index (κ3) is 3.84. The van der Waals surface area contributed by atoms with E-state index in [-0.39, 0.29) is 0 Å². The Morgan fingerprint density at radius 2 is 1.95 bits per heavy atom. The molecular formula is C13H9Cl2N3O3. The zero-order chi connectivity index (χ0) is 15.4. The number of hydrogen-bond donors (Lipinski definition) is 2. The minimum absolute atomic E-state index is 0.376. The van der Waals surface area contributed by atoms with E-state index >= 15 is 0 Å². The molecule has 3 N–H and O–H groups in total. The van der Waals surface area contributed by atoms with E-state index in [9.17, 15) is 9.59 Å². The van der Waals surface area contributed by atoms with E-state index in [1.54, 1.807) is 30.3 Å². The van der Waals surface area contributed by atoms with E-state index in [0.29, 0.717) is 21.6 Å². The fourth-order valence-corrected chi connectivity index (χ4v) is 1.73. The number of nitrogens with zero attached hydrogens (tertiary/aromatic N) is 1. The van der Waals surface area contributed by atoms with Crippen LogP contribution in [0.3, 0.4) is 0 Å². The van der Waals surface area contributed by atoms with Crippen LogP contribution in [0.5, 0.6) is 0 Å². The molecule has 0 saturated carbocycles. The van der Waals surface area contributed by atoms with Gasteiger partial charge in [-0.3, -0.25) is 9.59 Å². The molecular weight excluding hydrogens is 317 g/mol. The molecule has 0 aliphatic rings. The summed E-state index contributed by atoms with van der Waals surface area (Å²) in [6, 6.07) is 8.42. The van der Waals surface area contributed by atoms with Gasteiger partial charge >= 0.3 is 11.8 Å². The number of carbonyl (C=O) groups excluding carboxylic acids is 2. The van der Waals surface area contributed by atoms with Crippen LogP contribution < -0.4 is 11.2 Å². The molecule has 0 bridgehead atoms. The number of halogens is 2. The summed E-state index contributed by atoms with van der Waals surface area (Å²) >= 11 is 11.8. The molecule has 0 saturated heterocycles. The molecule has 2 aromatic rings. The monoisotopic (exact) mass is 325 g/mol. The molecule has 1 aromatic heterocycles. The van der Waals surface area contributed by atoms with Crippen LogP contribution in [0, 0.1) is 0 Å². The third-order valence-electron chi connectivity index (χ3n) is 2.41. The first kappa shape index (κ1) is 15.1. The summed E-state index contributed by atoms with van der Waals surface area (Å²) in [6.45, 7) is 0. The van der Waals surface area contributed by atoms with Crippen LogP contribution in [0.25, 0.3) is 11.3 Å². The molecule has 1 aromatic carbocycles. The number of hydrazone groups is 1. The third-order valence-corrected chi connectivity index (χ3v) is 3.15. The topological polar surface area (TPSA) is 97.7 Å². The van der Waals surface area contributed by atoms with Crippen LogP contribution in [-0.4, -0.2) is 18.0 Å². The molecule has 0 radical (unpaired) electrons. The average molecular weight is 326 g/mol. The Morgan fingerprint density at radius 1 is 1.19 bits per heavy atom. The van der Waals surface area contributed by atoms with Gasteiger partial charge in [-0.15, -0.1) is 0 Å². The molecule has 2 amide bonds. The summed E-state index contributed by atoms with van der Waals surface area (Å²) in [5.74, 6) is -1.21. The average Bonchev–Trinajstić information content (AvgIpc) is 2.90. The molecule has 0 aliphatic heterocycles. The van der Waals surface area contributed by atoms with Gasteiger partial charge in [0, 0.05) is 5.56 Å². The smallest absolute Gasteiger partial charge is 0.329 e. The summed E-state index contributed by atoms with van der Waals surface area (Å²) in [7, 11) is 0. The van der Waals surface area contributed by atoms with E-state index < -0.39 is 11.8 Å². The fraction of sp³-hybridized carbons (Fsp3) is 0. The highest BCUT2D eigenvalue weighted by Crippen LogP contribution is 2.29. The standard InChI is InChI=1S/C13H9Cl2N3O3/c14-9-3-1-7(5-10(9)15)11-4-2-8(21-11)6-17-18-13(20)12(16)19/h1-6H,(H2,16,19)(H,18,20)/b17-6-. The predicted molar refractivity (Wildman–Crippen MR) is 79.1 cm³/mol. The minimum atomic E-state index is -1.12. The van der Waals surface area contributed by atoms with Crippen LogP contribution in [0.4, 0.5) is 0 Å². The van der Waals surface area contributed by atoms with Crippen molar-refractivity contribution in [2.24, 2.45) is 10.8 Å². The number of rotatable bonds is 3. The molecule has 2 rings (SSSR count). The van der Waals surface area contributed by atoms with Crippen LogP contribution in [0.1, 0.15) is 5.76 Å². The van der Waals surface area contributed by atoms with Crippen molar-refractivity contribution < 1.29 is 14.0 Å². The number of carbonyl (C=O) groups is 2. The number of hydrogen-bond acceptors (Lipinski definition) is 4. The Labute approximate surface area is 129 Å². The van der Waals surface area contributed by atoms with Gasteiger partial charge in [-0.25, -0.2) is 5.43 Å². The molecule has 1 heterocycles. The highest BCUT2D eigenvalue weighted by molar-refractivity contribution is 6.42. The SMILES string of the molecule is NC(=O)C(=O)N/N=C\c1ccc(-c2ccc(Cl)c(Cl)c2)o1. The van der Waals surface area contributed by atoms with Crippen LogP contribution >= 0.6 is 23.2 Å². The molecule has 108 valence electrons. The molecule has 0 aliphatic carbocycles. The molecule has 8 heteroatoms. The van der Waals surface area contributed by atoms with Crippen molar-refractivity contribution in [2.75, 3.05) is 0 Å². The first-order valence-corrected chi connectivity index (χ1v) is 6.41. The quantitative estimate of drug-likeness (QED) is 0.514. The van der Waals surface area contributed by atoms with Crippen LogP contribution in [0.15, 0.2) is 39.9 Å². The van der Waals surface area contributed by atoms with Gasteiger partial charge in [0.25, 0.3) is 0 Å². The normalized spacial score (nSPS) is 10.8. The van der Waals surface area contributed by atoms with Gasteiger partial charge in [-0.1, -0.05) is 23.2 Å². The lowest BCUT2D eigenvalue weighted by atomic mass is 10.2. The second-order valence-corrected chi connectivity index (χ2v) is 4.71. The van der Waals surface area contributed by atoms with Crippen molar-refractivity contribution in [1.82, 2.24) is 5.43 Å². The Bertz CT molecular complexity index is 725. The van der Waals surface area contributed by atoms with E-state index in [4.69, 9.17) is 33.4 Å². The summed E-state index contributed by atoms with van der Waals surface area (Å²) in [5.41, 5.74) is 7.44. The zero-order valence-corrected chi connectivity index (χ0v) is 12.0. The van der Waals surface area contributed by atoms with Crippen molar-refractivity contribution in [1.29, 1.82) is 0 Å². The van der Waals surface area contributed by atoms with Gasteiger partial charge in [-0.05, 0) is 30.3 Å². The largest absolute Gasteiger partial charge is 0.455 e. The highest BCUT2D eigenvalue weighted by Gasteiger charge is 2.07. The summed E-state index contributed by atoms with van der Waals surface area (Å²) in [6.07, 6.45) is 1.24. The van der Waals surface area contributed by atoms with E-state index in [1.807, 2.05) is 5.43 Å². The Hall–Kier alpha value is -2.31. The van der Waals surface area contributed by atoms with Gasteiger partial charge in [0.05, 0.1) is 16.3 Å². The molecule has 0 fully saturated rings. The number of nitrogens with two attached hydrogens (primary N) is 1. The lowest BCUT2D eigenvalue weighted by Crippen LogP contribution is -2.32. The van der Waals surface area contributed by atoms with E-state index in [0.717, 1.165) is 5.56 Å². The van der Waals surface area contributed by atoms with E-state index in [1.165, 1.54) is 6.21 Å². The van der Waals surface area contributed by atoms with Crippen molar-refractivity contribution in [3.63, 3.8) is 0 Å². The van der Waals surface area contributed by atoms with Crippen LogP contribution in [-0.2, 0) is 9.59 Å². The Kier molecular flexibility index (Phi) is 4.62. The first-order valence-electron chi connectivity index (χ1n) is 5.65. The maximum Gasteiger partial charge on any atom is 0.329 e. The number of nitrogens with one attached hydrogen (secondary N) is 1. The number of amides is 2. The van der Waals surface area contributed by atoms with Crippen molar-refractivity contribution in [3.05, 3.63) is 46.1 Å². The van der Waals surface area contributed by atoms with Crippen LogP contribution in [0.2, 0.25) is 10.0 Å². The zero-order valence-electron chi connectivity index (χ0n) is 10.5. The van der Waals surface area contributed by atoms with Gasteiger partial charge in [-0.2, -0.15) is 5.10 Å². The molecule has 6 nitrogen and oxygen atoms in total. The highest BCUT2D eigenvalue weighted by atomic mass is 35.5. The second-order valence-electron chi connectivity index (χ2n) is 3.89. The van der Waals surface area contributed by atoms with E-state index in [2.05, 4.69) is 5.10 Å². The number of benzene rings is 1. The summed E-state index contributed by atoms with van der Waals surface area (Å²) < 4.78 is 5.49. The summed E-state index contributed by atoms with van der Waals surface area (Å²) in [4.78, 5) is 21.4. The summed E-state index contributed by atoms with van der Waals surface area (Å²) in [5, 5.41) is 4.39.